The maximum Gasteiger partial charge on any atom is 1.00 e. The molecule has 0 saturated heterocycles. The van der Waals surface area contributed by atoms with Gasteiger partial charge in [-0.25, -0.2) is 16.7 Å². The van der Waals surface area contributed by atoms with Crippen LogP contribution in [0.25, 0.3) is 0 Å². The first-order valence-electron chi connectivity index (χ1n) is 2.86. The molecule has 0 amide bonds. The number of aromatic carboxylic acids is 1. The fourth-order valence-electron chi connectivity index (χ4n) is 0.643. The van der Waals surface area contributed by atoms with Gasteiger partial charge in [-0.3, -0.25) is 0 Å². The summed E-state index contributed by atoms with van der Waals surface area (Å²) in [6, 6.07) is 5.54. The molecule has 1 N–H and O–H groups in total. The summed E-state index contributed by atoms with van der Waals surface area (Å²) in [6.07, 6.45) is 0. The normalized spacial score (nSPS) is 7.00. The van der Waals surface area contributed by atoms with Crippen LogP contribution in [-0.2, 0) is 0 Å². The molecule has 0 spiro atoms. The zero-order valence-electron chi connectivity index (χ0n) is 7.86. The second kappa shape index (κ2) is 11.8. The maximum atomic E-state index is 10.7. The van der Waals surface area contributed by atoms with E-state index in [1.54, 1.807) is 0 Å². The van der Waals surface area contributed by atoms with E-state index in [2.05, 4.69) is 11.9 Å². The summed E-state index contributed by atoms with van der Waals surface area (Å²) in [5.41, 5.74) is -0.178. The quantitative estimate of drug-likeness (QED) is 0.491. The molecule has 0 unspecified atom stereocenters. The van der Waals surface area contributed by atoms with E-state index in [-0.39, 0.29) is 64.7 Å². The molecule has 14 heavy (non-hydrogen) atoms. The molecule has 4 nitrogen and oxygen atoms in total. The van der Waals surface area contributed by atoms with Crippen LogP contribution in [0.2, 0.25) is 0 Å². The summed E-state index contributed by atoms with van der Waals surface area (Å²) in [7, 11) is 0. The Balaban J connectivity index is -0.000000284. The molecule has 0 aliphatic rings. The van der Waals surface area contributed by atoms with Crippen LogP contribution in [0.5, 0.6) is 5.75 Å². The SMILES string of the molecule is O=C(O)c1ccccc1[O-].[Na+].[Na+].[O-]Cl. The van der Waals surface area contributed by atoms with Crippen molar-refractivity contribution < 1.29 is 78.8 Å². The largest absolute Gasteiger partial charge is 1.00 e. The number of hydrogen-bond donors (Lipinski definition) is 1. The van der Waals surface area contributed by atoms with Gasteiger partial charge in [-0.15, -0.1) is 0 Å². The van der Waals surface area contributed by atoms with Crippen LogP contribution >= 0.6 is 11.9 Å². The van der Waals surface area contributed by atoms with Gasteiger partial charge in [-0.2, -0.15) is 0 Å². The van der Waals surface area contributed by atoms with E-state index in [4.69, 9.17) is 9.77 Å². The monoisotopic (exact) mass is 234 g/mol. The number of rotatable bonds is 1. The van der Waals surface area contributed by atoms with Crippen molar-refractivity contribution >= 4 is 17.8 Å². The maximum absolute atomic E-state index is 10.7. The van der Waals surface area contributed by atoms with Crippen LogP contribution < -0.4 is 68.9 Å². The zero-order chi connectivity index (χ0) is 9.56. The van der Waals surface area contributed by atoms with Crippen molar-refractivity contribution in [3.8, 4) is 5.75 Å². The van der Waals surface area contributed by atoms with Crippen LogP contribution in [0.3, 0.4) is 0 Å². The molecule has 1 aromatic rings. The van der Waals surface area contributed by atoms with Gasteiger partial charge < -0.3 is 14.9 Å². The number of halogens is 1. The molecular formula is C7H5ClNa2O4. The van der Waals surface area contributed by atoms with Gasteiger partial charge in [0.2, 0.25) is 0 Å². The summed E-state index contributed by atoms with van der Waals surface area (Å²) >= 11 is 3.39. The third-order valence-corrected chi connectivity index (χ3v) is 1.12. The number of hydrogen-bond acceptors (Lipinski definition) is 3. The number of carbonyl (C=O) groups is 1. The fraction of sp³-hybridized carbons (Fsp3) is 0. The third kappa shape index (κ3) is 7.09. The van der Waals surface area contributed by atoms with Crippen LogP contribution in [0.1, 0.15) is 10.4 Å². The van der Waals surface area contributed by atoms with Crippen LogP contribution in [0.15, 0.2) is 24.3 Å². The molecule has 0 aliphatic carbocycles. The molecule has 7 heteroatoms. The molecule has 0 heterocycles. The van der Waals surface area contributed by atoms with Gasteiger partial charge in [0.1, 0.15) is 0 Å². The molecule has 1 aromatic carbocycles. The van der Waals surface area contributed by atoms with Gasteiger partial charge in [0.05, 0.1) is 5.56 Å². The first-order valence-corrected chi connectivity index (χ1v) is 3.17. The minimum atomic E-state index is -1.18. The molecule has 0 bridgehead atoms. The Labute approximate surface area is 131 Å². The van der Waals surface area contributed by atoms with Crippen molar-refractivity contribution in [3.05, 3.63) is 29.8 Å². The van der Waals surface area contributed by atoms with E-state index < -0.39 is 11.7 Å². The van der Waals surface area contributed by atoms with Gasteiger partial charge in [0.15, 0.2) is 0 Å². The predicted octanol–water partition coefficient (Wildman–Crippen LogP) is -6.03. The Morgan fingerprint density at radius 2 is 1.64 bits per heavy atom. The molecule has 0 atom stereocenters. The summed E-state index contributed by atoms with van der Waals surface area (Å²) < 4.78 is 7.72. The first-order chi connectivity index (χ1) is 5.72. The average molecular weight is 235 g/mol. The van der Waals surface area contributed by atoms with E-state index in [0.29, 0.717) is 0 Å². The molecule has 0 saturated carbocycles. The summed E-state index contributed by atoms with van der Waals surface area (Å²) in [4.78, 5) is 10.2. The van der Waals surface area contributed by atoms with E-state index >= 15 is 0 Å². The standard InChI is InChI=1S/C7H6O3.ClO.2Na/c8-6-4-2-1-3-5(6)7(9)10;1-2;;/h1-4,8H,(H,9,10);;;/q;-1;2*+1/p-1. The fourth-order valence-corrected chi connectivity index (χ4v) is 0.643. The molecule has 1 rings (SSSR count). The topological polar surface area (TPSA) is 83.4 Å². The van der Waals surface area contributed by atoms with Gasteiger partial charge in [-0.1, -0.05) is 23.9 Å². The molecule has 0 radical (unpaired) electrons. The summed E-state index contributed by atoms with van der Waals surface area (Å²) in [5.74, 6) is -1.62. The van der Waals surface area contributed by atoms with Crippen LogP contribution in [0, 0.1) is 0 Å². The van der Waals surface area contributed by atoms with Crippen LogP contribution in [-0.4, -0.2) is 11.1 Å². The molecule has 66 valence electrons. The van der Waals surface area contributed by atoms with Gasteiger partial charge >= 0.3 is 65.1 Å². The minimum absolute atomic E-state index is 0. The Hall–Kier alpha value is 0.740. The molecule has 0 aromatic heterocycles. The molecule has 0 fully saturated rings. The number of para-hydroxylation sites is 1. The van der Waals surface area contributed by atoms with Crippen LogP contribution in [0.4, 0.5) is 0 Å². The van der Waals surface area contributed by atoms with Crippen molar-refractivity contribution in [2.24, 2.45) is 0 Å². The Kier molecular flexibility index (Phi) is 17.0. The number of carboxylic acid groups (broad SMARTS) is 1. The average Bonchev–Trinajstić information content (AvgIpc) is 2.08. The summed E-state index contributed by atoms with van der Waals surface area (Å²) in [6.45, 7) is 0. The van der Waals surface area contributed by atoms with Crippen molar-refractivity contribution in [1.82, 2.24) is 0 Å². The molecule has 0 aliphatic heterocycles. The van der Waals surface area contributed by atoms with Gasteiger partial charge in [0, 0.05) is 0 Å². The Bertz CT molecular complexity index is 270. The predicted molar refractivity (Wildman–Crippen MR) is 38.7 cm³/mol. The number of benzene rings is 1. The smallest absolute Gasteiger partial charge is 0.872 e. The van der Waals surface area contributed by atoms with E-state index in [1.165, 1.54) is 24.3 Å². The Morgan fingerprint density at radius 1 is 1.21 bits per heavy atom. The third-order valence-electron chi connectivity index (χ3n) is 1.12. The Morgan fingerprint density at radius 3 is 1.93 bits per heavy atom. The zero-order valence-corrected chi connectivity index (χ0v) is 12.6. The van der Waals surface area contributed by atoms with Gasteiger partial charge in [-0.05, 0) is 6.07 Å². The summed E-state index contributed by atoms with van der Waals surface area (Å²) in [5, 5.41) is 19.0. The minimum Gasteiger partial charge on any atom is -0.872 e. The van der Waals surface area contributed by atoms with Crippen molar-refractivity contribution in [2.75, 3.05) is 0 Å². The van der Waals surface area contributed by atoms with Crippen molar-refractivity contribution in [1.29, 1.82) is 0 Å². The first kappa shape index (κ1) is 20.2. The van der Waals surface area contributed by atoms with Crippen molar-refractivity contribution in [3.63, 3.8) is 0 Å². The second-order valence-electron chi connectivity index (χ2n) is 1.80. The molecular weight excluding hydrogens is 230 g/mol. The van der Waals surface area contributed by atoms with E-state index in [1.807, 2.05) is 0 Å². The van der Waals surface area contributed by atoms with E-state index in [9.17, 15) is 9.90 Å². The van der Waals surface area contributed by atoms with Gasteiger partial charge in [0.25, 0.3) is 0 Å². The number of carboxylic acids is 1. The van der Waals surface area contributed by atoms with Crippen molar-refractivity contribution in [2.45, 2.75) is 0 Å². The van der Waals surface area contributed by atoms with E-state index in [0.717, 1.165) is 0 Å². The second-order valence-corrected chi connectivity index (χ2v) is 1.80.